The molecule has 0 bridgehead atoms. The van der Waals surface area contributed by atoms with E-state index in [2.05, 4.69) is 45.8 Å². The number of imidazole rings is 1. The largest absolute Gasteiger partial charge is 0.322 e. The molecule has 1 N–H and O–H groups in total. The van der Waals surface area contributed by atoms with Crippen molar-refractivity contribution in [2.75, 3.05) is 5.75 Å². The van der Waals surface area contributed by atoms with Gasteiger partial charge in [-0.3, -0.25) is 4.79 Å². The molecule has 4 aromatic carbocycles. The summed E-state index contributed by atoms with van der Waals surface area (Å²) in [6, 6.07) is 26.5. The lowest BCUT2D eigenvalue weighted by atomic mass is 9.97. The third-order valence-corrected chi connectivity index (χ3v) is 6.30. The second kappa shape index (κ2) is 8.24. The summed E-state index contributed by atoms with van der Waals surface area (Å²) in [4.78, 5) is 17.0. The van der Waals surface area contributed by atoms with Gasteiger partial charge in [0.2, 0.25) is 0 Å². The van der Waals surface area contributed by atoms with Crippen LogP contribution in [0.1, 0.15) is 5.56 Å². The van der Waals surface area contributed by atoms with Crippen LogP contribution in [-0.4, -0.2) is 27.4 Å². The fourth-order valence-corrected chi connectivity index (χ4v) is 4.55. The van der Waals surface area contributed by atoms with Crippen molar-refractivity contribution in [1.82, 2.24) is 15.0 Å². The first kappa shape index (κ1) is 19.3. The highest BCUT2D eigenvalue weighted by atomic mass is 32.2. The molecule has 1 aromatic heterocycles. The molecule has 5 aromatic rings. The fraction of sp³-hybridized carbons (Fsp3) is 0.0800. The molecule has 31 heavy (non-hydrogen) atoms. The van der Waals surface area contributed by atoms with Gasteiger partial charge in [0.05, 0.1) is 23.0 Å². The van der Waals surface area contributed by atoms with Gasteiger partial charge in [0.25, 0.3) is 5.91 Å². The Morgan fingerprint density at radius 2 is 1.65 bits per heavy atom. The van der Waals surface area contributed by atoms with E-state index in [0.29, 0.717) is 0 Å². The Bertz CT molecular complexity index is 1400. The number of aromatic nitrogens is 2. The molecule has 5 nitrogen and oxygen atoms in total. The molecule has 6 heteroatoms. The maximum absolute atomic E-state index is 12.4. The highest BCUT2D eigenvalue weighted by Gasteiger charge is 2.10. The summed E-state index contributed by atoms with van der Waals surface area (Å²) in [5.41, 5.74) is 5.63. The molecular weight excluding hydrogens is 404 g/mol. The Morgan fingerprint density at radius 3 is 2.35 bits per heavy atom. The van der Waals surface area contributed by atoms with Crippen molar-refractivity contribution in [2.24, 2.45) is 12.1 Å². The van der Waals surface area contributed by atoms with Gasteiger partial charge in [0.1, 0.15) is 0 Å². The number of carbonyl (C=O) groups is 1. The molecule has 0 aliphatic rings. The first-order valence-corrected chi connectivity index (χ1v) is 11.0. The number of benzene rings is 4. The van der Waals surface area contributed by atoms with Crippen LogP contribution in [0.2, 0.25) is 0 Å². The number of thioether (sulfide) groups is 1. The number of carbonyl (C=O) groups excluding carboxylic acids is 1. The minimum atomic E-state index is -0.169. The van der Waals surface area contributed by atoms with Crippen LogP contribution >= 0.6 is 11.8 Å². The molecular formula is C25H20N4OS. The molecule has 0 saturated heterocycles. The molecule has 5 rings (SSSR count). The number of rotatable bonds is 5. The van der Waals surface area contributed by atoms with E-state index in [1.165, 1.54) is 11.8 Å². The molecule has 0 atom stereocenters. The van der Waals surface area contributed by atoms with Crippen molar-refractivity contribution < 1.29 is 4.79 Å². The van der Waals surface area contributed by atoms with Crippen LogP contribution in [0, 0.1) is 0 Å². The Balaban J connectivity index is 1.33. The van der Waals surface area contributed by atoms with Gasteiger partial charge in [-0.15, -0.1) is 0 Å². The topological polar surface area (TPSA) is 59.3 Å². The van der Waals surface area contributed by atoms with Crippen molar-refractivity contribution in [1.29, 1.82) is 0 Å². The van der Waals surface area contributed by atoms with Gasteiger partial charge in [-0.25, -0.2) is 10.4 Å². The van der Waals surface area contributed by atoms with Gasteiger partial charge in [0.15, 0.2) is 5.16 Å². The van der Waals surface area contributed by atoms with Crippen molar-refractivity contribution in [3.63, 3.8) is 0 Å². The number of hydrazone groups is 1. The van der Waals surface area contributed by atoms with E-state index < -0.39 is 0 Å². The predicted molar refractivity (Wildman–Crippen MR) is 129 cm³/mol. The summed E-state index contributed by atoms with van der Waals surface area (Å²) in [6.07, 6.45) is 1.74. The van der Waals surface area contributed by atoms with Crippen molar-refractivity contribution in [2.45, 2.75) is 5.16 Å². The maximum atomic E-state index is 12.4. The summed E-state index contributed by atoms with van der Waals surface area (Å²) in [5.74, 6) is 0.0722. The van der Waals surface area contributed by atoms with Crippen molar-refractivity contribution >= 4 is 56.5 Å². The van der Waals surface area contributed by atoms with Gasteiger partial charge >= 0.3 is 0 Å². The van der Waals surface area contributed by atoms with Crippen LogP contribution < -0.4 is 5.43 Å². The lowest BCUT2D eigenvalue weighted by Crippen LogP contribution is -2.20. The van der Waals surface area contributed by atoms with Crippen LogP contribution in [-0.2, 0) is 11.8 Å². The van der Waals surface area contributed by atoms with Crippen LogP contribution in [0.5, 0.6) is 0 Å². The van der Waals surface area contributed by atoms with Gasteiger partial charge in [-0.2, -0.15) is 5.10 Å². The third kappa shape index (κ3) is 3.78. The van der Waals surface area contributed by atoms with Crippen molar-refractivity contribution in [3.8, 4) is 0 Å². The zero-order valence-corrected chi connectivity index (χ0v) is 17.8. The molecule has 0 spiro atoms. The molecule has 0 aliphatic heterocycles. The third-order valence-electron chi connectivity index (χ3n) is 5.27. The molecule has 0 unspecified atom stereocenters. The summed E-state index contributed by atoms with van der Waals surface area (Å²) in [6.45, 7) is 0. The monoisotopic (exact) mass is 424 g/mol. The number of aryl methyl sites for hydroxylation is 1. The van der Waals surface area contributed by atoms with Crippen LogP contribution in [0.15, 0.2) is 89.1 Å². The Morgan fingerprint density at radius 1 is 1.00 bits per heavy atom. The Labute approximate surface area is 183 Å². The maximum Gasteiger partial charge on any atom is 0.250 e. The first-order chi connectivity index (χ1) is 15.2. The highest BCUT2D eigenvalue weighted by molar-refractivity contribution is 7.99. The minimum Gasteiger partial charge on any atom is -0.322 e. The zero-order chi connectivity index (χ0) is 21.2. The second-order valence-electron chi connectivity index (χ2n) is 7.26. The number of hydrogen-bond acceptors (Lipinski definition) is 4. The Kier molecular flexibility index (Phi) is 5.14. The Hall–Kier alpha value is -3.64. The minimum absolute atomic E-state index is 0.169. The smallest absolute Gasteiger partial charge is 0.250 e. The standard InChI is InChI=1S/C25H20N4OS/c1-29-23-13-7-6-12-22(23)27-25(29)31-16-24(30)28-26-15-21-19-10-4-2-8-17(19)14-18-9-3-5-11-20(18)21/h2-15H,16H2,1H3,(H,28,30). The molecule has 1 amide bonds. The molecule has 0 radical (unpaired) electrons. The average molecular weight is 425 g/mol. The van der Waals surface area contributed by atoms with Crippen molar-refractivity contribution in [3.05, 3.63) is 84.4 Å². The van der Waals surface area contributed by atoms with E-state index in [1.807, 2.05) is 60.1 Å². The number of nitrogens with zero attached hydrogens (tertiary/aromatic N) is 3. The number of para-hydroxylation sites is 2. The summed E-state index contributed by atoms with van der Waals surface area (Å²) in [7, 11) is 1.96. The van der Waals surface area contributed by atoms with Crippen LogP contribution in [0.4, 0.5) is 0 Å². The molecule has 0 fully saturated rings. The van der Waals surface area contributed by atoms with E-state index >= 15 is 0 Å². The molecule has 0 saturated carbocycles. The number of fused-ring (bicyclic) bond motifs is 3. The van der Waals surface area contributed by atoms with Crippen LogP contribution in [0.3, 0.4) is 0 Å². The van der Waals surface area contributed by atoms with E-state index in [-0.39, 0.29) is 11.7 Å². The van der Waals surface area contributed by atoms with E-state index in [4.69, 9.17) is 0 Å². The van der Waals surface area contributed by atoms with E-state index in [0.717, 1.165) is 43.3 Å². The second-order valence-corrected chi connectivity index (χ2v) is 8.20. The van der Waals surface area contributed by atoms with Gasteiger partial charge < -0.3 is 4.57 Å². The zero-order valence-electron chi connectivity index (χ0n) is 16.9. The molecule has 152 valence electrons. The SMILES string of the molecule is Cn1c(SCC(=O)NN=Cc2c3ccccc3cc3ccccc23)nc2ccccc21. The van der Waals surface area contributed by atoms with Gasteiger partial charge in [-0.05, 0) is 39.7 Å². The summed E-state index contributed by atoms with van der Waals surface area (Å²) in [5, 5.41) is 9.56. The van der Waals surface area contributed by atoms with E-state index in [9.17, 15) is 4.79 Å². The average Bonchev–Trinajstić information content (AvgIpc) is 3.13. The summed E-state index contributed by atoms with van der Waals surface area (Å²) >= 11 is 1.40. The first-order valence-electron chi connectivity index (χ1n) is 9.97. The van der Waals surface area contributed by atoms with E-state index in [1.54, 1.807) is 6.21 Å². The van der Waals surface area contributed by atoms with Gasteiger partial charge in [0, 0.05) is 12.6 Å². The fourth-order valence-electron chi connectivity index (χ4n) is 3.77. The molecule has 0 aliphatic carbocycles. The highest BCUT2D eigenvalue weighted by Crippen LogP contribution is 2.27. The summed E-state index contributed by atoms with van der Waals surface area (Å²) < 4.78 is 2.00. The number of amides is 1. The lowest BCUT2D eigenvalue weighted by molar-refractivity contribution is -0.118. The molecule has 1 heterocycles. The number of nitrogens with one attached hydrogen (secondary N) is 1. The van der Waals surface area contributed by atoms with Crippen LogP contribution in [0.25, 0.3) is 32.6 Å². The lowest BCUT2D eigenvalue weighted by Gasteiger charge is -2.08. The van der Waals surface area contributed by atoms with Gasteiger partial charge in [-0.1, -0.05) is 72.4 Å². The quantitative estimate of drug-likeness (QED) is 0.184. The predicted octanol–water partition coefficient (Wildman–Crippen LogP) is 5.12. The normalized spacial score (nSPS) is 11.6. The number of hydrogen-bond donors (Lipinski definition) is 1.